The van der Waals surface area contributed by atoms with Crippen LogP contribution in [0.3, 0.4) is 0 Å². The number of fused-ring (bicyclic) bond motifs is 2. The molecule has 6 aromatic rings. The van der Waals surface area contributed by atoms with Crippen molar-refractivity contribution in [3.05, 3.63) is 153 Å². The van der Waals surface area contributed by atoms with Crippen LogP contribution < -0.4 is 0 Å². The predicted octanol–water partition coefficient (Wildman–Crippen LogP) is 8.02. The standard InChI is InChI=1S/C24H26FN3O2.C20H18FN3O2/c1-3-4-12-30-24(29)18-9-7-8-17(13-18)14-28-23(19-10-5-6-11-21(19)25)20-15-27(2)16-22(20)26-28;1-23-11-16-18(12-23)22-24(19(16)15-7-2-3-8-17(15)21)10-13-5-4-6-14(9-13)20(25)26/h5-11,13H,3-4,12,14-16H2,1-2H3;2-9H,10-12H2,1H3,(H,25,26). The molecule has 288 valence electrons. The van der Waals surface area contributed by atoms with Crippen LogP contribution in [0.1, 0.15) is 74.1 Å². The van der Waals surface area contributed by atoms with Crippen LogP contribution in [0.2, 0.25) is 0 Å². The lowest BCUT2D eigenvalue weighted by molar-refractivity contribution is 0.0499. The SMILES string of the molecule is CCCCOC(=O)c1cccc(Cn2nc3c(c2-c2ccccc2F)CN(C)C3)c1.CN1Cc2nn(Cc3cccc(C(=O)O)c3)c(-c3ccccc3F)c2C1. The number of aromatic carboxylic acids is 1. The molecule has 0 spiro atoms. The number of nitrogens with zero attached hydrogens (tertiary/aromatic N) is 6. The van der Waals surface area contributed by atoms with E-state index >= 15 is 0 Å². The number of esters is 1. The average molecular weight is 759 g/mol. The second kappa shape index (κ2) is 16.8. The number of ether oxygens (including phenoxy) is 1. The maximum Gasteiger partial charge on any atom is 0.338 e. The highest BCUT2D eigenvalue weighted by atomic mass is 19.1. The number of benzene rings is 4. The van der Waals surface area contributed by atoms with Gasteiger partial charge >= 0.3 is 11.9 Å². The molecular formula is C44H44F2N6O4. The smallest absolute Gasteiger partial charge is 0.338 e. The van der Waals surface area contributed by atoms with Crippen LogP contribution in [0.4, 0.5) is 8.78 Å². The van der Waals surface area contributed by atoms with Gasteiger partial charge in [-0.3, -0.25) is 19.2 Å². The Bertz CT molecular complexity index is 2390. The fraction of sp³-hybridized carbons (Fsp3) is 0.273. The van der Waals surface area contributed by atoms with Crippen LogP contribution in [0.25, 0.3) is 22.5 Å². The number of carboxylic acid groups (broad SMARTS) is 1. The summed E-state index contributed by atoms with van der Waals surface area (Å²) >= 11 is 0. The quantitative estimate of drug-likeness (QED) is 0.105. The Morgan fingerprint density at radius 3 is 1.64 bits per heavy atom. The van der Waals surface area contributed by atoms with Crippen molar-refractivity contribution in [3.63, 3.8) is 0 Å². The first kappa shape index (κ1) is 38.3. The first-order chi connectivity index (χ1) is 27.1. The van der Waals surface area contributed by atoms with Crippen molar-refractivity contribution in [2.24, 2.45) is 0 Å². The molecular weight excluding hydrogens is 715 g/mol. The van der Waals surface area contributed by atoms with Gasteiger partial charge in [0.1, 0.15) is 11.6 Å². The lowest BCUT2D eigenvalue weighted by Gasteiger charge is -2.13. The lowest BCUT2D eigenvalue weighted by Crippen LogP contribution is -2.13. The molecule has 4 aromatic carbocycles. The minimum atomic E-state index is -0.967. The molecule has 0 saturated heterocycles. The zero-order valence-corrected chi connectivity index (χ0v) is 31.7. The van der Waals surface area contributed by atoms with Crippen molar-refractivity contribution >= 4 is 11.9 Å². The van der Waals surface area contributed by atoms with Crippen molar-refractivity contribution in [1.29, 1.82) is 0 Å². The molecule has 0 bridgehead atoms. The Morgan fingerprint density at radius 1 is 0.679 bits per heavy atom. The molecule has 0 radical (unpaired) electrons. The molecule has 2 aliphatic rings. The maximum atomic E-state index is 14.6. The van der Waals surface area contributed by atoms with Gasteiger partial charge in [0, 0.05) is 48.4 Å². The topological polar surface area (TPSA) is 106 Å². The summed E-state index contributed by atoms with van der Waals surface area (Å²) in [4.78, 5) is 27.8. The molecule has 0 aliphatic carbocycles. The third-order valence-electron chi connectivity index (χ3n) is 9.95. The van der Waals surface area contributed by atoms with E-state index in [-0.39, 0.29) is 23.2 Å². The van der Waals surface area contributed by atoms with Crippen molar-refractivity contribution in [3.8, 4) is 22.5 Å². The molecule has 8 rings (SSSR count). The molecule has 0 atom stereocenters. The fourth-order valence-electron chi connectivity index (χ4n) is 7.32. The number of carbonyl (C=O) groups is 2. The highest BCUT2D eigenvalue weighted by Gasteiger charge is 2.29. The fourth-order valence-corrected chi connectivity index (χ4v) is 7.32. The minimum Gasteiger partial charge on any atom is -0.478 e. The minimum absolute atomic E-state index is 0.231. The number of rotatable bonds is 11. The Kier molecular flexibility index (Phi) is 11.5. The molecule has 12 heteroatoms. The summed E-state index contributed by atoms with van der Waals surface area (Å²) in [6, 6.07) is 27.6. The molecule has 4 heterocycles. The van der Waals surface area contributed by atoms with E-state index in [0.29, 0.717) is 42.9 Å². The second-order valence-electron chi connectivity index (χ2n) is 14.4. The third kappa shape index (κ3) is 8.31. The van der Waals surface area contributed by atoms with Crippen LogP contribution in [0, 0.1) is 11.6 Å². The van der Waals surface area contributed by atoms with E-state index in [1.165, 1.54) is 12.1 Å². The van der Waals surface area contributed by atoms with Gasteiger partial charge in [-0.05, 0) is 80.2 Å². The number of hydrogen-bond donors (Lipinski definition) is 1. The summed E-state index contributed by atoms with van der Waals surface area (Å²) in [7, 11) is 4.04. The van der Waals surface area contributed by atoms with Crippen molar-refractivity contribution in [2.45, 2.75) is 59.0 Å². The van der Waals surface area contributed by atoms with E-state index in [4.69, 9.17) is 9.84 Å². The van der Waals surface area contributed by atoms with Gasteiger partial charge in [0.2, 0.25) is 0 Å². The van der Waals surface area contributed by atoms with Gasteiger partial charge in [0.15, 0.2) is 0 Å². The van der Waals surface area contributed by atoms with E-state index in [9.17, 15) is 23.5 Å². The number of aromatic nitrogens is 4. The lowest BCUT2D eigenvalue weighted by atomic mass is 10.1. The van der Waals surface area contributed by atoms with Crippen LogP contribution in [0.5, 0.6) is 0 Å². The molecule has 1 N–H and O–H groups in total. The highest BCUT2D eigenvalue weighted by molar-refractivity contribution is 5.89. The van der Waals surface area contributed by atoms with Gasteiger partial charge in [-0.15, -0.1) is 0 Å². The molecule has 0 saturated carbocycles. The van der Waals surface area contributed by atoms with Crippen LogP contribution in [0.15, 0.2) is 97.1 Å². The summed E-state index contributed by atoms with van der Waals surface area (Å²) in [5, 5.41) is 18.7. The average Bonchev–Trinajstić information content (AvgIpc) is 3.91. The van der Waals surface area contributed by atoms with Crippen molar-refractivity contribution in [2.75, 3.05) is 20.7 Å². The molecule has 10 nitrogen and oxygen atoms in total. The van der Waals surface area contributed by atoms with E-state index in [1.807, 2.05) is 55.2 Å². The highest BCUT2D eigenvalue weighted by Crippen LogP contribution is 2.35. The van der Waals surface area contributed by atoms with Gasteiger partial charge in [0.05, 0.1) is 53.6 Å². The second-order valence-corrected chi connectivity index (χ2v) is 14.4. The van der Waals surface area contributed by atoms with E-state index in [1.54, 1.807) is 53.2 Å². The molecule has 0 amide bonds. The Labute approximate surface area is 324 Å². The first-order valence-electron chi connectivity index (χ1n) is 18.7. The summed E-state index contributed by atoms with van der Waals surface area (Å²) < 4.78 is 38.1. The van der Waals surface area contributed by atoms with Crippen molar-refractivity contribution in [1.82, 2.24) is 29.4 Å². The summed E-state index contributed by atoms with van der Waals surface area (Å²) in [6.45, 7) is 6.25. The monoisotopic (exact) mass is 758 g/mol. The summed E-state index contributed by atoms with van der Waals surface area (Å²) in [6.07, 6.45) is 1.83. The zero-order chi connectivity index (χ0) is 39.3. The van der Waals surface area contributed by atoms with Crippen LogP contribution in [-0.4, -0.2) is 67.1 Å². The summed E-state index contributed by atoms with van der Waals surface area (Å²) in [5.74, 6) is -1.83. The molecule has 56 heavy (non-hydrogen) atoms. The van der Waals surface area contributed by atoms with Gasteiger partial charge in [0.25, 0.3) is 0 Å². The van der Waals surface area contributed by atoms with Crippen LogP contribution in [-0.2, 0) is 44.0 Å². The van der Waals surface area contributed by atoms with Crippen molar-refractivity contribution < 1.29 is 28.2 Å². The molecule has 0 unspecified atom stereocenters. The van der Waals surface area contributed by atoms with E-state index < -0.39 is 5.97 Å². The zero-order valence-electron chi connectivity index (χ0n) is 31.7. The van der Waals surface area contributed by atoms with Gasteiger partial charge in [-0.1, -0.05) is 61.9 Å². The Balaban J connectivity index is 0.000000173. The van der Waals surface area contributed by atoms with Crippen LogP contribution >= 0.6 is 0 Å². The molecule has 2 aromatic heterocycles. The number of carboxylic acids is 1. The molecule has 2 aliphatic heterocycles. The molecule has 0 fully saturated rings. The number of unbranched alkanes of at least 4 members (excludes halogenated alkanes) is 1. The van der Waals surface area contributed by atoms with Gasteiger partial charge < -0.3 is 9.84 Å². The van der Waals surface area contributed by atoms with E-state index in [0.717, 1.165) is 77.5 Å². The largest absolute Gasteiger partial charge is 0.478 e. The number of carbonyl (C=O) groups excluding carboxylic acids is 1. The summed E-state index contributed by atoms with van der Waals surface area (Å²) in [5.41, 5.74) is 9.17. The van der Waals surface area contributed by atoms with E-state index in [2.05, 4.69) is 21.8 Å². The maximum absolute atomic E-state index is 14.6. The van der Waals surface area contributed by atoms with Gasteiger partial charge in [-0.2, -0.15) is 10.2 Å². The Hall–Kier alpha value is -5.98. The first-order valence-corrected chi connectivity index (χ1v) is 18.7. The van der Waals surface area contributed by atoms with Gasteiger partial charge in [-0.25, -0.2) is 18.4 Å². The normalized spacial score (nSPS) is 13.6. The predicted molar refractivity (Wildman–Crippen MR) is 209 cm³/mol. The number of halogens is 2. The third-order valence-corrected chi connectivity index (χ3v) is 9.95. The number of hydrogen-bond acceptors (Lipinski definition) is 7. The Morgan fingerprint density at radius 2 is 1.16 bits per heavy atom.